The Hall–Kier alpha value is -1.04. The first-order valence-corrected chi connectivity index (χ1v) is 6.01. The Morgan fingerprint density at radius 1 is 1.28 bits per heavy atom. The summed E-state index contributed by atoms with van der Waals surface area (Å²) < 4.78 is 37.5. The highest BCUT2D eigenvalue weighted by Crippen LogP contribution is 2.26. The molecular weight excluding hydrogens is 240 g/mol. The van der Waals surface area contributed by atoms with Crippen molar-refractivity contribution in [1.82, 2.24) is 0 Å². The van der Waals surface area contributed by atoms with Gasteiger partial charge in [-0.05, 0) is 18.2 Å². The molecule has 18 heavy (non-hydrogen) atoms. The van der Waals surface area contributed by atoms with E-state index in [0.29, 0.717) is 32.6 Å². The maximum absolute atomic E-state index is 13.4. The van der Waals surface area contributed by atoms with Crippen LogP contribution in [-0.2, 0) is 16.1 Å². The summed E-state index contributed by atoms with van der Waals surface area (Å²) in [6.07, 6.45) is 1.36. The molecule has 1 aromatic rings. The maximum Gasteiger partial charge on any atom is 0.128 e. The average molecular weight is 257 g/mol. The molecule has 0 spiro atoms. The number of benzene rings is 1. The van der Waals surface area contributed by atoms with E-state index in [4.69, 9.17) is 15.2 Å². The third-order valence-electron chi connectivity index (χ3n) is 3.32. The van der Waals surface area contributed by atoms with E-state index in [1.807, 2.05) is 0 Å². The zero-order chi connectivity index (χ0) is 13.0. The molecule has 0 aliphatic carbocycles. The molecule has 1 fully saturated rings. The van der Waals surface area contributed by atoms with Gasteiger partial charge in [-0.1, -0.05) is 0 Å². The van der Waals surface area contributed by atoms with E-state index in [-0.39, 0.29) is 12.2 Å². The predicted octanol–water partition coefficient (Wildman–Crippen LogP) is 1.99. The number of ether oxygens (including phenoxy) is 2. The molecule has 2 N–H and O–H groups in total. The van der Waals surface area contributed by atoms with Crippen LogP contribution in [0.1, 0.15) is 18.4 Å². The summed E-state index contributed by atoms with van der Waals surface area (Å²) in [5.74, 6) is -0.931. The lowest BCUT2D eigenvalue weighted by Crippen LogP contribution is -2.45. The van der Waals surface area contributed by atoms with Crippen molar-refractivity contribution in [2.45, 2.75) is 25.0 Å². The predicted molar refractivity (Wildman–Crippen MR) is 63.0 cm³/mol. The Morgan fingerprint density at radius 3 is 2.67 bits per heavy atom. The first kappa shape index (κ1) is 13.4. The molecule has 1 heterocycles. The van der Waals surface area contributed by atoms with Crippen LogP contribution in [0.25, 0.3) is 0 Å². The maximum atomic E-state index is 13.4. The molecule has 0 bridgehead atoms. The Morgan fingerprint density at radius 2 is 2.00 bits per heavy atom. The van der Waals surface area contributed by atoms with E-state index >= 15 is 0 Å². The van der Waals surface area contributed by atoms with Gasteiger partial charge < -0.3 is 15.2 Å². The van der Waals surface area contributed by atoms with Crippen LogP contribution >= 0.6 is 0 Å². The molecule has 3 nitrogen and oxygen atoms in total. The van der Waals surface area contributed by atoms with Gasteiger partial charge in [0.2, 0.25) is 0 Å². The van der Waals surface area contributed by atoms with Crippen molar-refractivity contribution < 1.29 is 18.3 Å². The van der Waals surface area contributed by atoms with Crippen molar-refractivity contribution in [3.05, 3.63) is 35.4 Å². The summed E-state index contributed by atoms with van der Waals surface area (Å²) in [5, 5.41) is 0. The lowest BCUT2D eigenvalue weighted by Gasteiger charge is -2.36. The van der Waals surface area contributed by atoms with Crippen molar-refractivity contribution in [3.63, 3.8) is 0 Å². The lowest BCUT2D eigenvalue weighted by atomic mass is 9.94. The van der Waals surface area contributed by atoms with Gasteiger partial charge in [0, 0.05) is 38.2 Å². The Labute approximate surface area is 105 Å². The summed E-state index contributed by atoms with van der Waals surface area (Å²) in [5.41, 5.74) is 5.46. The van der Waals surface area contributed by atoms with Crippen LogP contribution in [0, 0.1) is 11.6 Å². The molecule has 0 radical (unpaired) electrons. The highest BCUT2D eigenvalue weighted by atomic mass is 19.1. The van der Waals surface area contributed by atoms with Gasteiger partial charge in [0.25, 0.3) is 0 Å². The molecule has 0 aromatic heterocycles. The molecule has 1 aliphatic rings. The summed E-state index contributed by atoms with van der Waals surface area (Å²) in [6, 6.07) is 3.35. The second-order valence-corrected chi connectivity index (χ2v) is 4.52. The van der Waals surface area contributed by atoms with E-state index in [1.165, 1.54) is 0 Å². The number of nitrogens with two attached hydrogens (primary N) is 1. The van der Waals surface area contributed by atoms with E-state index in [2.05, 4.69) is 0 Å². The van der Waals surface area contributed by atoms with E-state index in [9.17, 15) is 8.78 Å². The molecule has 5 heteroatoms. The topological polar surface area (TPSA) is 44.5 Å². The number of hydrogen-bond donors (Lipinski definition) is 1. The molecule has 2 rings (SSSR count). The molecule has 100 valence electrons. The Bertz CT molecular complexity index is 406. The van der Waals surface area contributed by atoms with Gasteiger partial charge in [-0.2, -0.15) is 0 Å². The van der Waals surface area contributed by atoms with Crippen LogP contribution in [0.3, 0.4) is 0 Å². The second kappa shape index (κ2) is 5.73. The van der Waals surface area contributed by atoms with E-state index in [1.54, 1.807) is 0 Å². The van der Waals surface area contributed by atoms with Gasteiger partial charge in [0.15, 0.2) is 0 Å². The van der Waals surface area contributed by atoms with Crippen molar-refractivity contribution in [3.8, 4) is 0 Å². The molecule has 1 saturated heterocycles. The normalized spacial score (nSPS) is 18.8. The first-order chi connectivity index (χ1) is 8.65. The number of hydrogen-bond acceptors (Lipinski definition) is 3. The molecular formula is C13H17F2NO2. The van der Waals surface area contributed by atoms with Crippen LogP contribution in [-0.4, -0.2) is 25.4 Å². The van der Waals surface area contributed by atoms with Gasteiger partial charge in [-0.15, -0.1) is 0 Å². The fourth-order valence-electron chi connectivity index (χ4n) is 2.04. The van der Waals surface area contributed by atoms with Gasteiger partial charge in [0.1, 0.15) is 11.6 Å². The lowest BCUT2D eigenvalue weighted by molar-refractivity contribution is -0.113. The van der Waals surface area contributed by atoms with Gasteiger partial charge in [-0.25, -0.2) is 8.78 Å². The Kier molecular flexibility index (Phi) is 4.27. The number of rotatable bonds is 4. The highest BCUT2D eigenvalue weighted by molar-refractivity contribution is 5.18. The standard InChI is InChI=1S/C13H17F2NO2/c14-11-1-2-12(15)10(7-11)8-18-13(9-16)3-5-17-6-4-13/h1-2,7H,3-6,8-9,16H2. The zero-order valence-electron chi connectivity index (χ0n) is 10.1. The van der Waals surface area contributed by atoms with Crippen LogP contribution in [0.15, 0.2) is 18.2 Å². The average Bonchev–Trinajstić information content (AvgIpc) is 2.41. The first-order valence-electron chi connectivity index (χ1n) is 6.01. The zero-order valence-corrected chi connectivity index (χ0v) is 10.1. The van der Waals surface area contributed by atoms with Crippen molar-refractivity contribution in [2.75, 3.05) is 19.8 Å². The molecule has 0 saturated carbocycles. The molecule has 0 amide bonds. The van der Waals surface area contributed by atoms with Crippen LogP contribution in [0.4, 0.5) is 8.78 Å². The van der Waals surface area contributed by atoms with Crippen LogP contribution in [0.2, 0.25) is 0 Å². The molecule has 0 unspecified atom stereocenters. The highest BCUT2D eigenvalue weighted by Gasteiger charge is 2.32. The minimum absolute atomic E-state index is 0.0286. The van der Waals surface area contributed by atoms with Gasteiger partial charge >= 0.3 is 0 Å². The second-order valence-electron chi connectivity index (χ2n) is 4.52. The van der Waals surface area contributed by atoms with E-state index in [0.717, 1.165) is 18.2 Å². The Balaban J connectivity index is 2.03. The summed E-state index contributed by atoms with van der Waals surface area (Å²) in [4.78, 5) is 0. The largest absolute Gasteiger partial charge is 0.381 e. The molecule has 0 atom stereocenters. The van der Waals surface area contributed by atoms with Crippen LogP contribution in [0.5, 0.6) is 0 Å². The number of halogens is 2. The summed E-state index contributed by atoms with van der Waals surface area (Å²) in [6.45, 7) is 1.56. The molecule has 1 aliphatic heterocycles. The van der Waals surface area contributed by atoms with Gasteiger partial charge in [-0.3, -0.25) is 0 Å². The van der Waals surface area contributed by atoms with Crippen molar-refractivity contribution >= 4 is 0 Å². The van der Waals surface area contributed by atoms with E-state index < -0.39 is 17.2 Å². The van der Waals surface area contributed by atoms with Crippen LogP contribution < -0.4 is 5.73 Å². The fraction of sp³-hybridized carbons (Fsp3) is 0.538. The van der Waals surface area contributed by atoms with Crippen molar-refractivity contribution in [2.24, 2.45) is 5.73 Å². The third kappa shape index (κ3) is 3.04. The minimum Gasteiger partial charge on any atom is -0.381 e. The smallest absolute Gasteiger partial charge is 0.128 e. The summed E-state index contributed by atoms with van der Waals surface area (Å²) >= 11 is 0. The SMILES string of the molecule is NCC1(OCc2cc(F)ccc2F)CCOCC1. The van der Waals surface area contributed by atoms with Crippen molar-refractivity contribution in [1.29, 1.82) is 0 Å². The quantitative estimate of drug-likeness (QED) is 0.897. The minimum atomic E-state index is -0.475. The molecule has 1 aromatic carbocycles. The van der Waals surface area contributed by atoms with Gasteiger partial charge in [0.05, 0.1) is 12.2 Å². The summed E-state index contributed by atoms with van der Waals surface area (Å²) in [7, 11) is 0. The fourth-order valence-corrected chi connectivity index (χ4v) is 2.04. The monoisotopic (exact) mass is 257 g/mol. The third-order valence-corrected chi connectivity index (χ3v) is 3.32.